The highest BCUT2D eigenvalue weighted by Crippen LogP contribution is 2.33. The molecule has 0 spiro atoms. The highest BCUT2D eigenvalue weighted by atomic mass is 32.2. The van der Waals surface area contributed by atoms with Crippen LogP contribution in [0.1, 0.15) is 24.1 Å². The Morgan fingerprint density at radius 2 is 1.86 bits per heavy atom. The third-order valence-corrected chi connectivity index (χ3v) is 5.41. The molecule has 2 aromatic rings. The Morgan fingerprint density at radius 3 is 2.38 bits per heavy atom. The average Bonchev–Trinajstić information content (AvgIpc) is 2.65. The minimum atomic E-state index is -3.92. The first-order valence-corrected chi connectivity index (χ1v) is 10.5. The predicted octanol–water partition coefficient (Wildman–Crippen LogP) is 2.56. The van der Waals surface area contributed by atoms with Gasteiger partial charge in [0.25, 0.3) is 5.69 Å². The van der Waals surface area contributed by atoms with Crippen LogP contribution in [-0.4, -0.2) is 39.2 Å². The SMILES string of the molecule is COc1ccc([N+](=O)[O-])cc1N(CC(=O)NC(C)c1ccc(C)cc1)S(C)(=O)=O. The molecule has 1 N–H and O–H groups in total. The summed E-state index contributed by atoms with van der Waals surface area (Å²) in [4.78, 5) is 23.0. The topological polar surface area (TPSA) is 119 Å². The molecule has 0 aromatic heterocycles. The van der Waals surface area contributed by atoms with Crippen molar-refractivity contribution < 1.29 is 22.9 Å². The molecular weight excluding hydrogens is 398 g/mol. The Hall–Kier alpha value is -3.14. The van der Waals surface area contributed by atoms with Crippen LogP contribution in [0, 0.1) is 17.0 Å². The molecule has 0 bridgehead atoms. The van der Waals surface area contributed by atoms with Crippen molar-refractivity contribution in [3.63, 3.8) is 0 Å². The van der Waals surface area contributed by atoms with E-state index in [-0.39, 0.29) is 23.2 Å². The van der Waals surface area contributed by atoms with Gasteiger partial charge in [-0.3, -0.25) is 19.2 Å². The zero-order valence-electron chi connectivity index (χ0n) is 16.6. The van der Waals surface area contributed by atoms with E-state index in [1.807, 2.05) is 31.2 Å². The number of nitro groups is 1. The number of hydrogen-bond acceptors (Lipinski definition) is 6. The summed E-state index contributed by atoms with van der Waals surface area (Å²) in [6.45, 7) is 3.18. The molecule has 0 aliphatic carbocycles. The fourth-order valence-corrected chi connectivity index (χ4v) is 3.58. The molecule has 0 fully saturated rings. The van der Waals surface area contributed by atoms with Gasteiger partial charge in [0.1, 0.15) is 18.0 Å². The molecule has 0 aliphatic rings. The minimum absolute atomic E-state index is 0.0812. The van der Waals surface area contributed by atoms with E-state index in [1.54, 1.807) is 6.92 Å². The molecule has 29 heavy (non-hydrogen) atoms. The molecule has 2 aromatic carbocycles. The summed E-state index contributed by atoms with van der Waals surface area (Å²) < 4.78 is 30.6. The van der Waals surface area contributed by atoms with Gasteiger partial charge in [-0.25, -0.2) is 8.42 Å². The number of carbonyl (C=O) groups excluding carboxylic acids is 1. The van der Waals surface area contributed by atoms with Crippen molar-refractivity contribution in [1.82, 2.24) is 5.32 Å². The molecule has 0 heterocycles. The van der Waals surface area contributed by atoms with Crippen molar-refractivity contribution in [1.29, 1.82) is 0 Å². The van der Waals surface area contributed by atoms with Crippen molar-refractivity contribution in [2.45, 2.75) is 19.9 Å². The normalized spacial score (nSPS) is 12.1. The lowest BCUT2D eigenvalue weighted by Crippen LogP contribution is -2.41. The molecule has 0 radical (unpaired) electrons. The molecular formula is C19H23N3O6S. The Bertz CT molecular complexity index is 1010. The lowest BCUT2D eigenvalue weighted by Gasteiger charge is -2.24. The number of carbonyl (C=O) groups is 1. The summed E-state index contributed by atoms with van der Waals surface area (Å²) in [7, 11) is -2.61. The molecule has 2 rings (SSSR count). The monoisotopic (exact) mass is 421 g/mol. The van der Waals surface area contributed by atoms with E-state index in [4.69, 9.17) is 4.74 Å². The highest BCUT2D eigenvalue weighted by molar-refractivity contribution is 7.92. The number of hydrogen-bond donors (Lipinski definition) is 1. The predicted molar refractivity (Wildman–Crippen MR) is 110 cm³/mol. The minimum Gasteiger partial charge on any atom is -0.495 e. The first-order valence-electron chi connectivity index (χ1n) is 8.69. The second kappa shape index (κ2) is 8.91. The lowest BCUT2D eigenvalue weighted by molar-refractivity contribution is -0.384. The van der Waals surface area contributed by atoms with Gasteiger partial charge in [0.15, 0.2) is 0 Å². The maximum absolute atomic E-state index is 12.6. The molecule has 1 atom stereocenters. The number of methoxy groups -OCH3 is 1. The first-order chi connectivity index (χ1) is 13.5. The van der Waals surface area contributed by atoms with Crippen LogP contribution >= 0.6 is 0 Å². The number of anilines is 1. The van der Waals surface area contributed by atoms with Gasteiger partial charge in [-0.05, 0) is 25.5 Å². The fourth-order valence-electron chi connectivity index (χ4n) is 2.72. The van der Waals surface area contributed by atoms with Crippen LogP contribution in [0.4, 0.5) is 11.4 Å². The van der Waals surface area contributed by atoms with Gasteiger partial charge in [0, 0.05) is 12.1 Å². The zero-order chi connectivity index (χ0) is 21.8. The largest absolute Gasteiger partial charge is 0.495 e. The summed E-state index contributed by atoms with van der Waals surface area (Å²) in [5.74, 6) is -0.461. The Balaban J connectivity index is 2.30. The molecule has 0 saturated heterocycles. The van der Waals surface area contributed by atoms with E-state index in [1.165, 1.54) is 19.2 Å². The van der Waals surface area contributed by atoms with Gasteiger partial charge in [0.05, 0.1) is 24.3 Å². The van der Waals surface area contributed by atoms with Crippen molar-refractivity contribution in [2.24, 2.45) is 0 Å². The zero-order valence-corrected chi connectivity index (χ0v) is 17.4. The number of amides is 1. The van der Waals surface area contributed by atoms with Gasteiger partial charge in [-0.1, -0.05) is 29.8 Å². The van der Waals surface area contributed by atoms with Crippen LogP contribution in [0.25, 0.3) is 0 Å². The molecule has 0 saturated carbocycles. The number of benzene rings is 2. The lowest BCUT2D eigenvalue weighted by atomic mass is 10.1. The second-order valence-electron chi connectivity index (χ2n) is 6.58. The van der Waals surface area contributed by atoms with Crippen LogP contribution in [0.3, 0.4) is 0 Å². The summed E-state index contributed by atoms with van der Waals surface area (Å²) in [6.07, 6.45) is 0.919. The Labute approximate surface area is 169 Å². The van der Waals surface area contributed by atoms with E-state index in [9.17, 15) is 23.3 Å². The average molecular weight is 421 g/mol. The summed E-state index contributed by atoms with van der Waals surface area (Å²) in [6, 6.07) is 10.8. The number of ether oxygens (including phenoxy) is 1. The van der Waals surface area contributed by atoms with E-state index in [0.717, 1.165) is 27.8 Å². The van der Waals surface area contributed by atoms with Crippen molar-refractivity contribution in [3.05, 3.63) is 63.7 Å². The third kappa shape index (κ3) is 5.67. The van der Waals surface area contributed by atoms with Crippen molar-refractivity contribution in [3.8, 4) is 5.75 Å². The molecule has 9 nitrogen and oxygen atoms in total. The van der Waals surface area contributed by atoms with Gasteiger partial charge in [-0.2, -0.15) is 0 Å². The molecule has 1 amide bonds. The number of nitrogens with one attached hydrogen (secondary N) is 1. The maximum atomic E-state index is 12.6. The highest BCUT2D eigenvalue weighted by Gasteiger charge is 2.26. The van der Waals surface area contributed by atoms with E-state index < -0.39 is 27.4 Å². The van der Waals surface area contributed by atoms with E-state index in [2.05, 4.69) is 5.32 Å². The molecule has 156 valence electrons. The first kappa shape index (κ1) is 22.2. The summed E-state index contributed by atoms with van der Waals surface area (Å²) in [5.41, 5.74) is 1.54. The number of nitrogens with zero attached hydrogens (tertiary/aromatic N) is 2. The van der Waals surface area contributed by atoms with Crippen LogP contribution in [0.15, 0.2) is 42.5 Å². The van der Waals surface area contributed by atoms with Crippen molar-refractivity contribution >= 4 is 27.3 Å². The summed E-state index contributed by atoms with van der Waals surface area (Å²) >= 11 is 0. The van der Waals surface area contributed by atoms with Gasteiger partial charge in [-0.15, -0.1) is 0 Å². The maximum Gasteiger partial charge on any atom is 0.271 e. The van der Waals surface area contributed by atoms with Gasteiger partial charge in [0.2, 0.25) is 15.9 Å². The number of nitro benzene ring substituents is 1. The van der Waals surface area contributed by atoms with Crippen LogP contribution in [-0.2, 0) is 14.8 Å². The fraction of sp³-hybridized carbons (Fsp3) is 0.316. The van der Waals surface area contributed by atoms with Gasteiger partial charge < -0.3 is 10.1 Å². The van der Waals surface area contributed by atoms with Crippen LogP contribution < -0.4 is 14.4 Å². The van der Waals surface area contributed by atoms with Gasteiger partial charge >= 0.3 is 0 Å². The number of sulfonamides is 1. The number of aryl methyl sites for hydroxylation is 1. The quantitative estimate of drug-likeness (QED) is 0.517. The third-order valence-electron chi connectivity index (χ3n) is 4.28. The number of rotatable bonds is 8. The standard InChI is InChI=1S/C19H23N3O6S/c1-13-5-7-15(8-6-13)14(2)20-19(23)12-21(29(4,26)27)17-11-16(22(24)25)9-10-18(17)28-3/h5-11,14H,12H2,1-4H3,(H,20,23). The van der Waals surface area contributed by atoms with E-state index in [0.29, 0.717) is 0 Å². The molecule has 0 aliphatic heterocycles. The molecule has 1 unspecified atom stereocenters. The van der Waals surface area contributed by atoms with Crippen LogP contribution in [0.2, 0.25) is 0 Å². The molecule has 10 heteroatoms. The Morgan fingerprint density at radius 1 is 1.24 bits per heavy atom. The van der Waals surface area contributed by atoms with E-state index >= 15 is 0 Å². The summed E-state index contributed by atoms with van der Waals surface area (Å²) in [5, 5.41) is 13.8. The Kier molecular flexibility index (Phi) is 6.80. The second-order valence-corrected chi connectivity index (χ2v) is 8.49. The van der Waals surface area contributed by atoms with Crippen LogP contribution in [0.5, 0.6) is 5.75 Å². The smallest absolute Gasteiger partial charge is 0.271 e. The number of non-ortho nitro benzene ring substituents is 1. The van der Waals surface area contributed by atoms with Crippen molar-refractivity contribution in [2.75, 3.05) is 24.2 Å².